The van der Waals surface area contributed by atoms with Gasteiger partial charge in [0.25, 0.3) is 0 Å². The summed E-state index contributed by atoms with van der Waals surface area (Å²) >= 11 is 0. The molecule has 0 fully saturated rings. The Morgan fingerprint density at radius 3 is 3.00 bits per heavy atom. The normalized spacial score (nSPS) is 13.2. The highest BCUT2D eigenvalue weighted by Gasteiger charge is 2.20. The summed E-state index contributed by atoms with van der Waals surface area (Å²) < 4.78 is 10.6. The number of nitrogens with one attached hydrogen (secondary N) is 1. The van der Waals surface area contributed by atoms with Crippen molar-refractivity contribution in [1.82, 2.24) is 0 Å². The van der Waals surface area contributed by atoms with E-state index in [9.17, 15) is 0 Å². The first-order chi connectivity index (χ1) is 6.74. The van der Waals surface area contributed by atoms with Gasteiger partial charge in [-0.15, -0.1) is 0 Å². The second-order valence-corrected chi connectivity index (χ2v) is 3.15. The third-order valence-corrected chi connectivity index (χ3v) is 2.31. The Balaban J connectivity index is 2.59. The molecule has 0 atom stereocenters. The topological polar surface area (TPSA) is 68.3 Å². The van der Waals surface area contributed by atoms with Gasteiger partial charge in [0.2, 0.25) is 0 Å². The maximum atomic E-state index is 7.38. The number of rotatable bonds is 2. The van der Waals surface area contributed by atoms with Crippen molar-refractivity contribution < 1.29 is 9.47 Å². The van der Waals surface area contributed by atoms with Crippen molar-refractivity contribution in [3.8, 4) is 11.5 Å². The molecule has 1 aliphatic heterocycles. The summed E-state index contributed by atoms with van der Waals surface area (Å²) in [6.07, 6.45) is 0.893. The first-order valence-corrected chi connectivity index (χ1v) is 4.41. The maximum Gasteiger partial charge on any atom is 0.171 e. The van der Waals surface area contributed by atoms with Gasteiger partial charge in [0, 0.05) is 12.0 Å². The molecule has 2 rings (SSSR count). The zero-order chi connectivity index (χ0) is 10.1. The summed E-state index contributed by atoms with van der Waals surface area (Å²) in [4.78, 5) is 0. The minimum Gasteiger partial charge on any atom is -0.492 e. The Morgan fingerprint density at radius 1 is 1.57 bits per heavy atom. The number of nitrogens with two attached hydrogens (primary N) is 1. The van der Waals surface area contributed by atoms with Crippen LogP contribution in [0.4, 0.5) is 0 Å². The van der Waals surface area contributed by atoms with Gasteiger partial charge < -0.3 is 15.2 Å². The van der Waals surface area contributed by atoms with E-state index in [0.29, 0.717) is 17.9 Å². The molecular weight excluding hydrogens is 180 g/mol. The van der Waals surface area contributed by atoms with Crippen molar-refractivity contribution in [3.63, 3.8) is 0 Å². The van der Waals surface area contributed by atoms with Crippen molar-refractivity contribution in [2.24, 2.45) is 5.73 Å². The molecule has 4 nitrogen and oxygen atoms in total. The molecular formula is C10H12N2O2. The Labute approximate surface area is 82.1 Å². The van der Waals surface area contributed by atoms with Crippen LogP contribution in [0.1, 0.15) is 11.1 Å². The number of fused-ring (bicyclic) bond motifs is 1. The van der Waals surface area contributed by atoms with Crippen LogP contribution in [0.2, 0.25) is 0 Å². The summed E-state index contributed by atoms with van der Waals surface area (Å²) in [6.45, 7) is 0.674. The van der Waals surface area contributed by atoms with Crippen molar-refractivity contribution >= 4 is 5.84 Å². The molecule has 0 saturated heterocycles. The minimum absolute atomic E-state index is 0.000139. The highest BCUT2D eigenvalue weighted by molar-refractivity contribution is 5.98. The lowest BCUT2D eigenvalue weighted by molar-refractivity contribution is 0.326. The number of hydrogen-bond donors (Lipinski definition) is 2. The molecule has 0 unspecified atom stereocenters. The first kappa shape index (κ1) is 8.87. The molecule has 14 heavy (non-hydrogen) atoms. The van der Waals surface area contributed by atoms with E-state index in [2.05, 4.69) is 0 Å². The van der Waals surface area contributed by atoms with E-state index in [0.717, 1.165) is 17.7 Å². The van der Waals surface area contributed by atoms with Gasteiger partial charge in [-0.2, -0.15) is 0 Å². The summed E-state index contributed by atoms with van der Waals surface area (Å²) in [6, 6.07) is 3.73. The average molecular weight is 192 g/mol. The second-order valence-electron chi connectivity index (χ2n) is 3.15. The van der Waals surface area contributed by atoms with Gasteiger partial charge in [-0.25, -0.2) is 0 Å². The van der Waals surface area contributed by atoms with Gasteiger partial charge in [-0.1, -0.05) is 6.07 Å². The zero-order valence-electron chi connectivity index (χ0n) is 7.96. The van der Waals surface area contributed by atoms with Crippen LogP contribution in [0.3, 0.4) is 0 Å². The number of nitrogen functional groups attached to an aromatic ring is 1. The fraction of sp³-hybridized carbons (Fsp3) is 0.300. The Morgan fingerprint density at radius 2 is 2.36 bits per heavy atom. The van der Waals surface area contributed by atoms with Crippen molar-refractivity contribution in [2.45, 2.75) is 6.42 Å². The number of hydrogen-bond acceptors (Lipinski definition) is 3. The van der Waals surface area contributed by atoms with Gasteiger partial charge in [0.15, 0.2) is 11.5 Å². The van der Waals surface area contributed by atoms with E-state index in [1.807, 2.05) is 6.07 Å². The Kier molecular flexibility index (Phi) is 2.04. The monoisotopic (exact) mass is 192 g/mol. The Bertz CT molecular complexity index is 388. The second kappa shape index (κ2) is 3.21. The van der Waals surface area contributed by atoms with E-state index in [4.69, 9.17) is 20.6 Å². The number of ether oxygens (including phenoxy) is 2. The molecule has 1 aromatic rings. The molecule has 0 aliphatic carbocycles. The number of amidine groups is 1. The Hall–Kier alpha value is -1.71. The van der Waals surface area contributed by atoms with E-state index in [-0.39, 0.29) is 5.84 Å². The van der Waals surface area contributed by atoms with Gasteiger partial charge in [-0.05, 0) is 6.07 Å². The van der Waals surface area contributed by atoms with Crippen LogP contribution >= 0.6 is 0 Å². The van der Waals surface area contributed by atoms with Crippen LogP contribution in [-0.4, -0.2) is 19.6 Å². The first-order valence-electron chi connectivity index (χ1n) is 4.41. The van der Waals surface area contributed by atoms with Crippen LogP contribution in [0.5, 0.6) is 11.5 Å². The molecule has 1 aromatic carbocycles. The lowest BCUT2D eigenvalue weighted by Crippen LogP contribution is -2.12. The van der Waals surface area contributed by atoms with E-state index in [1.165, 1.54) is 0 Å². The zero-order valence-corrected chi connectivity index (χ0v) is 7.96. The lowest BCUT2D eigenvalue weighted by Gasteiger charge is -2.10. The average Bonchev–Trinajstić information content (AvgIpc) is 2.63. The molecule has 0 radical (unpaired) electrons. The summed E-state index contributed by atoms with van der Waals surface area (Å²) in [5.74, 6) is 1.31. The summed E-state index contributed by atoms with van der Waals surface area (Å²) in [5.41, 5.74) is 7.14. The molecule has 0 bridgehead atoms. The van der Waals surface area contributed by atoms with E-state index < -0.39 is 0 Å². The third-order valence-electron chi connectivity index (χ3n) is 2.31. The molecule has 0 spiro atoms. The largest absolute Gasteiger partial charge is 0.492 e. The highest BCUT2D eigenvalue weighted by atomic mass is 16.5. The predicted molar refractivity (Wildman–Crippen MR) is 53.2 cm³/mol. The van der Waals surface area contributed by atoms with Gasteiger partial charge in [0.05, 0.1) is 19.3 Å². The highest BCUT2D eigenvalue weighted by Crippen LogP contribution is 2.38. The van der Waals surface area contributed by atoms with Crippen LogP contribution in [0.15, 0.2) is 12.1 Å². The quantitative estimate of drug-likeness (QED) is 0.540. The van der Waals surface area contributed by atoms with Crippen molar-refractivity contribution in [3.05, 3.63) is 23.3 Å². The van der Waals surface area contributed by atoms with E-state index >= 15 is 0 Å². The number of methoxy groups -OCH3 is 1. The SMILES string of the molecule is COc1c(C(=N)N)ccc2c1OCC2. The predicted octanol–water partition coefficient (Wildman–Crippen LogP) is 0.914. The van der Waals surface area contributed by atoms with E-state index in [1.54, 1.807) is 13.2 Å². The fourth-order valence-corrected chi connectivity index (χ4v) is 1.64. The minimum atomic E-state index is 0.000139. The number of benzene rings is 1. The van der Waals surface area contributed by atoms with Crippen LogP contribution in [0, 0.1) is 5.41 Å². The van der Waals surface area contributed by atoms with Gasteiger partial charge >= 0.3 is 0 Å². The molecule has 0 amide bonds. The molecule has 0 aromatic heterocycles. The standard InChI is InChI=1S/C10H12N2O2/c1-13-9-7(10(11)12)3-2-6-4-5-14-8(6)9/h2-3H,4-5H2,1H3,(H3,11,12). The van der Waals surface area contributed by atoms with Crippen molar-refractivity contribution in [2.75, 3.05) is 13.7 Å². The third kappa shape index (κ3) is 1.19. The molecule has 4 heteroatoms. The smallest absolute Gasteiger partial charge is 0.171 e. The summed E-state index contributed by atoms with van der Waals surface area (Å²) in [7, 11) is 1.56. The maximum absolute atomic E-state index is 7.38. The van der Waals surface area contributed by atoms with Gasteiger partial charge in [0.1, 0.15) is 5.84 Å². The lowest BCUT2D eigenvalue weighted by atomic mass is 10.1. The van der Waals surface area contributed by atoms with Gasteiger partial charge in [-0.3, -0.25) is 5.41 Å². The molecule has 0 saturated carbocycles. The fourth-order valence-electron chi connectivity index (χ4n) is 1.64. The van der Waals surface area contributed by atoms with Crippen LogP contribution in [0.25, 0.3) is 0 Å². The van der Waals surface area contributed by atoms with Crippen LogP contribution < -0.4 is 15.2 Å². The molecule has 1 aliphatic rings. The summed E-state index contributed by atoms with van der Waals surface area (Å²) in [5, 5.41) is 7.38. The molecule has 1 heterocycles. The molecule has 74 valence electrons. The van der Waals surface area contributed by atoms with Crippen LogP contribution in [-0.2, 0) is 6.42 Å². The van der Waals surface area contributed by atoms with Crippen molar-refractivity contribution in [1.29, 1.82) is 5.41 Å². The molecule has 3 N–H and O–H groups in total.